The molecule has 5 nitrogen and oxygen atoms in total. The van der Waals surface area contributed by atoms with Gasteiger partial charge in [-0.05, 0) is 31.9 Å². The summed E-state index contributed by atoms with van der Waals surface area (Å²) >= 11 is 0. The van der Waals surface area contributed by atoms with Gasteiger partial charge in [0.15, 0.2) is 0 Å². The highest BCUT2D eigenvalue weighted by atomic mass is 16.4. The molecule has 108 valence electrons. The molecule has 1 aromatic rings. The lowest BCUT2D eigenvalue weighted by atomic mass is 9.94. The number of amides is 1. The molecule has 1 amide bonds. The van der Waals surface area contributed by atoms with Gasteiger partial charge in [0.2, 0.25) is 5.91 Å². The van der Waals surface area contributed by atoms with Gasteiger partial charge in [0.1, 0.15) is 0 Å². The Morgan fingerprint density at radius 1 is 1.35 bits per heavy atom. The normalized spacial score (nSPS) is 21.6. The zero-order valence-corrected chi connectivity index (χ0v) is 11.7. The summed E-state index contributed by atoms with van der Waals surface area (Å²) in [4.78, 5) is 29.7. The second-order valence-corrected chi connectivity index (χ2v) is 5.16. The Kier molecular flexibility index (Phi) is 4.71. The third-order valence-electron chi connectivity index (χ3n) is 3.92. The Hall–Kier alpha value is -1.91. The monoisotopic (exact) mass is 276 g/mol. The number of carboxylic acids is 1. The van der Waals surface area contributed by atoms with Crippen molar-refractivity contribution in [2.45, 2.75) is 32.7 Å². The summed E-state index contributed by atoms with van der Waals surface area (Å²) in [5.41, 5.74) is 0.826. The number of hydrogen-bond acceptors (Lipinski definition) is 3. The second-order valence-electron chi connectivity index (χ2n) is 5.16. The van der Waals surface area contributed by atoms with Crippen LogP contribution >= 0.6 is 0 Å². The smallest absolute Gasteiger partial charge is 0.307 e. The lowest BCUT2D eigenvalue weighted by Gasteiger charge is -2.25. The van der Waals surface area contributed by atoms with Crippen LogP contribution in [0.25, 0.3) is 0 Å². The van der Waals surface area contributed by atoms with E-state index in [0.717, 1.165) is 12.1 Å². The fraction of sp³-hybridized carbons (Fsp3) is 0.533. The van der Waals surface area contributed by atoms with E-state index < -0.39 is 11.9 Å². The third kappa shape index (κ3) is 3.15. The van der Waals surface area contributed by atoms with Crippen molar-refractivity contribution >= 4 is 11.9 Å². The molecule has 1 aliphatic carbocycles. The number of aromatic nitrogens is 1. The molecule has 1 fully saturated rings. The SMILES string of the molecule is CCN(Cc1ccccn1)C(=O)C1CCCC1C(=O)O. The first-order chi connectivity index (χ1) is 9.63. The van der Waals surface area contributed by atoms with Crippen molar-refractivity contribution in [3.8, 4) is 0 Å². The van der Waals surface area contributed by atoms with Gasteiger partial charge in [-0.1, -0.05) is 12.5 Å². The molecule has 1 aromatic heterocycles. The summed E-state index contributed by atoms with van der Waals surface area (Å²) in [6, 6.07) is 5.59. The van der Waals surface area contributed by atoms with E-state index in [2.05, 4.69) is 4.98 Å². The highest BCUT2D eigenvalue weighted by Gasteiger charge is 2.39. The molecule has 2 atom stereocenters. The Morgan fingerprint density at radius 3 is 2.70 bits per heavy atom. The Bertz CT molecular complexity index is 475. The van der Waals surface area contributed by atoms with Crippen LogP contribution in [0.1, 0.15) is 31.9 Å². The van der Waals surface area contributed by atoms with Crippen molar-refractivity contribution < 1.29 is 14.7 Å². The molecule has 0 spiro atoms. The fourth-order valence-corrected chi connectivity index (χ4v) is 2.82. The molecule has 2 unspecified atom stereocenters. The summed E-state index contributed by atoms with van der Waals surface area (Å²) in [5, 5.41) is 9.19. The van der Waals surface area contributed by atoms with Crippen molar-refractivity contribution in [1.29, 1.82) is 0 Å². The van der Waals surface area contributed by atoms with Gasteiger partial charge < -0.3 is 10.0 Å². The predicted octanol–water partition coefficient (Wildman–Crippen LogP) is 1.93. The van der Waals surface area contributed by atoms with E-state index in [1.165, 1.54) is 0 Å². The molecule has 1 N–H and O–H groups in total. The third-order valence-corrected chi connectivity index (χ3v) is 3.92. The number of hydrogen-bond donors (Lipinski definition) is 1. The van der Waals surface area contributed by atoms with E-state index >= 15 is 0 Å². The number of rotatable bonds is 5. The van der Waals surface area contributed by atoms with Gasteiger partial charge in [-0.25, -0.2) is 0 Å². The molecule has 0 radical (unpaired) electrons. The lowest BCUT2D eigenvalue weighted by Crippen LogP contribution is -2.38. The van der Waals surface area contributed by atoms with Gasteiger partial charge in [-0.2, -0.15) is 0 Å². The van der Waals surface area contributed by atoms with E-state index in [4.69, 9.17) is 0 Å². The van der Waals surface area contributed by atoms with Crippen molar-refractivity contribution in [1.82, 2.24) is 9.88 Å². The molecule has 20 heavy (non-hydrogen) atoms. The summed E-state index contributed by atoms with van der Waals surface area (Å²) < 4.78 is 0. The maximum Gasteiger partial charge on any atom is 0.307 e. The first kappa shape index (κ1) is 14.5. The van der Waals surface area contributed by atoms with Crippen molar-refractivity contribution in [2.75, 3.05) is 6.54 Å². The average molecular weight is 276 g/mol. The van der Waals surface area contributed by atoms with Crippen LogP contribution in [0.3, 0.4) is 0 Å². The molecule has 1 heterocycles. The number of carbonyl (C=O) groups excluding carboxylic acids is 1. The van der Waals surface area contributed by atoms with Crippen molar-refractivity contribution in [3.63, 3.8) is 0 Å². The van der Waals surface area contributed by atoms with Crippen LogP contribution in [-0.4, -0.2) is 33.4 Å². The maximum absolute atomic E-state index is 12.5. The quantitative estimate of drug-likeness (QED) is 0.892. The molecular formula is C15H20N2O3. The number of carboxylic acid groups (broad SMARTS) is 1. The van der Waals surface area contributed by atoms with Crippen LogP contribution < -0.4 is 0 Å². The molecule has 1 saturated carbocycles. The molecule has 0 saturated heterocycles. The van der Waals surface area contributed by atoms with E-state index in [-0.39, 0.29) is 11.8 Å². The van der Waals surface area contributed by atoms with Gasteiger partial charge in [-0.15, -0.1) is 0 Å². The summed E-state index contributed by atoms with van der Waals surface area (Å²) in [7, 11) is 0. The van der Waals surface area contributed by atoms with Crippen LogP contribution in [-0.2, 0) is 16.1 Å². The Balaban J connectivity index is 2.07. The number of carbonyl (C=O) groups is 2. The van der Waals surface area contributed by atoms with Crippen LogP contribution in [0.4, 0.5) is 0 Å². The minimum Gasteiger partial charge on any atom is -0.481 e. The largest absolute Gasteiger partial charge is 0.481 e. The topological polar surface area (TPSA) is 70.5 Å². The summed E-state index contributed by atoms with van der Waals surface area (Å²) in [6.45, 7) is 2.92. The first-order valence-electron chi connectivity index (χ1n) is 7.05. The average Bonchev–Trinajstić information content (AvgIpc) is 2.94. The zero-order valence-electron chi connectivity index (χ0n) is 11.7. The summed E-state index contributed by atoms with van der Waals surface area (Å²) in [6.07, 6.45) is 3.79. The van der Waals surface area contributed by atoms with Crippen molar-refractivity contribution in [3.05, 3.63) is 30.1 Å². The molecular weight excluding hydrogens is 256 g/mol. The van der Waals surface area contributed by atoms with Crippen LogP contribution in [0, 0.1) is 11.8 Å². The van der Waals surface area contributed by atoms with E-state index in [1.54, 1.807) is 11.1 Å². The standard InChI is InChI=1S/C15H20N2O3/c1-2-17(10-11-6-3-4-9-16-11)14(18)12-7-5-8-13(12)15(19)20/h3-4,6,9,12-13H,2,5,7-8,10H2,1H3,(H,19,20). The van der Waals surface area contributed by atoms with Crippen LogP contribution in [0.15, 0.2) is 24.4 Å². The van der Waals surface area contributed by atoms with Gasteiger partial charge in [0, 0.05) is 12.7 Å². The van der Waals surface area contributed by atoms with Gasteiger partial charge in [-0.3, -0.25) is 14.6 Å². The highest BCUT2D eigenvalue weighted by Crippen LogP contribution is 2.33. The molecule has 0 aromatic carbocycles. The van der Waals surface area contributed by atoms with Gasteiger partial charge in [0.25, 0.3) is 0 Å². The van der Waals surface area contributed by atoms with Gasteiger partial charge in [0.05, 0.1) is 24.1 Å². The van der Waals surface area contributed by atoms with Gasteiger partial charge >= 0.3 is 5.97 Å². The first-order valence-corrected chi connectivity index (χ1v) is 7.05. The van der Waals surface area contributed by atoms with Crippen molar-refractivity contribution in [2.24, 2.45) is 11.8 Å². The molecule has 0 bridgehead atoms. The highest BCUT2D eigenvalue weighted by molar-refractivity contribution is 5.85. The second kappa shape index (κ2) is 6.50. The summed E-state index contributed by atoms with van der Waals surface area (Å²) in [5.74, 6) is -1.81. The number of aliphatic carboxylic acids is 1. The Morgan fingerprint density at radius 2 is 2.10 bits per heavy atom. The minimum absolute atomic E-state index is 0.0527. The predicted molar refractivity (Wildman–Crippen MR) is 73.8 cm³/mol. The van der Waals surface area contributed by atoms with E-state index in [9.17, 15) is 14.7 Å². The number of pyridine rings is 1. The molecule has 0 aliphatic heterocycles. The van der Waals surface area contributed by atoms with Crippen LogP contribution in [0.5, 0.6) is 0 Å². The molecule has 2 rings (SSSR count). The molecule has 1 aliphatic rings. The molecule has 5 heteroatoms. The van der Waals surface area contributed by atoms with Crippen LogP contribution in [0.2, 0.25) is 0 Å². The van der Waals surface area contributed by atoms with E-state index in [1.807, 2.05) is 25.1 Å². The zero-order chi connectivity index (χ0) is 14.5. The lowest BCUT2D eigenvalue weighted by molar-refractivity contribution is -0.149. The Labute approximate surface area is 118 Å². The maximum atomic E-state index is 12.5. The van der Waals surface area contributed by atoms with E-state index in [0.29, 0.717) is 25.9 Å². The fourth-order valence-electron chi connectivity index (χ4n) is 2.82. The number of nitrogens with zero attached hydrogens (tertiary/aromatic N) is 2. The minimum atomic E-state index is -0.852.